The Morgan fingerprint density at radius 1 is 1.06 bits per heavy atom. The average molecular weight is 461 g/mol. The molecule has 0 bridgehead atoms. The van der Waals surface area contributed by atoms with Gasteiger partial charge in [-0.2, -0.15) is 4.31 Å². The van der Waals surface area contributed by atoms with Crippen LogP contribution in [-0.4, -0.2) is 45.9 Å². The fraction of sp³-hybridized carbons (Fsp3) is 0.458. The third kappa shape index (κ3) is 5.24. The van der Waals surface area contributed by atoms with Gasteiger partial charge in [-0.05, 0) is 60.2 Å². The number of amides is 1. The maximum atomic E-state index is 13.1. The number of carbonyl (C=O) groups is 1. The molecule has 3 rings (SSSR count). The fourth-order valence-electron chi connectivity index (χ4n) is 3.78. The van der Waals surface area contributed by atoms with Crippen LogP contribution in [0.1, 0.15) is 39.2 Å². The van der Waals surface area contributed by atoms with Crippen molar-refractivity contribution >= 4 is 21.6 Å². The van der Waals surface area contributed by atoms with Crippen molar-refractivity contribution in [1.29, 1.82) is 0 Å². The highest BCUT2D eigenvalue weighted by molar-refractivity contribution is 7.89. The maximum Gasteiger partial charge on any atom is 0.243 e. The molecule has 8 heteroatoms. The number of nitrogens with one attached hydrogen (secondary N) is 1. The summed E-state index contributed by atoms with van der Waals surface area (Å²) in [6.07, 6.45) is 1.24. The lowest BCUT2D eigenvalue weighted by molar-refractivity contribution is -0.120. The van der Waals surface area contributed by atoms with E-state index in [1.54, 1.807) is 19.2 Å². The molecule has 2 aromatic carbocycles. The Hall–Kier alpha value is -2.58. The molecule has 1 unspecified atom stereocenters. The number of nitrogens with zero attached hydrogens (tertiary/aromatic N) is 1. The first-order valence-electron chi connectivity index (χ1n) is 10.7. The second-order valence-corrected chi connectivity index (χ2v) is 11.0. The minimum Gasteiger partial charge on any atom is -0.497 e. The number of benzene rings is 2. The van der Waals surface area contributed by atoms with E-state index in [-0.39, 0.29) is 22.8 Å². The summed E-state index contributed by atoms with van der Waals surface area (Å²) in [5, 5.41) is 2.97. The highest BCUT2D eigenvalue weighted by atomic mass is 32.2. The number of hydrogen-bond acceptors (Lipinski definition) is 5. The van der Waals surface area contributed by atoms with E-state index in [1.165, 1.54) is 23.5 Å². The minimum atomic E-state index is -3.69. The Balaban J connectivity index is 1.77. The Morgan fingerprint density at radius 2 is 1.75 bits per heavy atom. The zero-order chi connectivity index (χ0) is 23.5. The van der Waals surface area contributed by atoms with Gasteiger partial charge in [0.15, 0.2) is 0 Å². The summed E-state index contributed by atoms with van der Waals surface area (Å²) in [6.45, 7) is 6.83. The summed E-state index contributed by atoms with van der Waals surface area (Å²) >= 11 is 0. The standard InChI is InChI=1S/C24H32N2O5S/c1-24(2,3)18-8-13-22(31-5)21(15-18)25-23(27)17-7-6-14-26(16-17)32(28,29)20-11-9-19(30-4)10-12-20/h8-13,15,17H,6-7,14,16H2,1-5H3,(H,25,27). The monoisotopic (exact) mass is 460 g/mol. The summed E-state index contributed by atoms with van der Waals surface area (Å²) in [5.74, 6) is 0.514. The molecule has 1 aliphatic rings. The summed E-state index contributed by atoms with van der Waals surface area (Å²) in [6, 6.07) is 12.0. The Kier molecular flexibility index (Phi) is 7.15. The van der Waals surface area contributed by atoms with Crippen molar-refractivity contribution in [2.24, 2.45) is 5.92 Å². The van der Waals surface area contributed by atoms with Crippen LogP contribution in [0.3, 0.4) is 0 Å². The predicted octanol–water partition coefficient (Wildman–Crippen LogP) is 4.04. The maximum absolute atomic E-state index is 13.1. The highest BCUT2D eigenvalue weighted by Gasteiger charge is 2.33. The lowest BCUT2D eigenvalue weighted by atomic mass is 9.86. The van der Waals surface area contributed by atoms with Crippen LogP contribution in [-0.2, 0) is 20.2 Å². The highest BCUT2D eigenvalue weighted by Crippen LogP contribution is 2.32. The van der Waals surface area contributed by atoms with Crippen LogP contribution in [0.5, 0.6) is 11.5 Å². The predicted molar refractivity (Wildman–Crippen MR) is 125 cm³/mol. The zero-order valence-electron chi connectivity index (χ0n) is 19.3. The first-order chi connectivity index (χ1) is 15.1. The van der Waals surface area contributed by atoms with Crippen LogP contribution >= 0.6 is 0 Å². The van der Waals surface area contributed by atoms with E-state index < -0.39 is 15.9 Å². The van der Waals surface area contributed by atoms with E-state index in [4.69, 9.17) is 9.47 Å². The number of ether oxygens (including phenoxy) is 2. The van der Waals surface area contributed by atoms with E-state index in [9.17, 15) is 13.2 Å². The van der Waals surface area contributed by atoms with E-state index in [2.05, 4.69) is 26.1 Å². The summed E-state index contributed by atoms with van der Waals surface area (Å²) in [5.41, 5.74) is 1.58. The smallest absolute Gasteiger partial charge is 0.243 e. The van der Waals surface area contributed by atoms with Gasteiger partial charge in [-0.1, -0.05) is 26.8 Å². The van der Waals surface area contributed by atoms with Gasteiger partial charge in [0, 0.05) is 13.1 Å². The van der Waals surface area contributed by atoms with E-state index in [0.29, 0.717) is 36.6 Å². The van der Waals surface area contributed by atoms with Crippen molar-refractivity contribution < 1.29 is 22.7 Å². The van der Waals surface area contributed by atoms with Gasteiger partial charge in [0.2, 0.25) is 15.9 Å². The number of sulfonamides is 1. The van der Waals surface area contributed by atoms with Crippen LogP contribution in [0, 0.1) is 5.92 Å². The Morgan fingerprint density at radius 3 is 2.34 bits per heavy atom. The molecule has 174 valence electrons. The summed E-state index contributed by atoms with van der Waals surface area (Å²) in [7, 11) is -0.600. The molecule has 1 fully saturated rings. The van der Waals surface area contributed by atoms with Gasteiger partial charge in [-0.3, -0.25) is 4.79 Å². The molecule has 0 aromatic heterocycles. The van der Waals surface area contributed by atoms with Crippen molar-refractivity contribution in [2.75, 3.05) is 32.6 Å². The molecule has 1 aliphatic heterocycles. The third-order valence-electron chi connectivity index (χ3n) is 5.78. The second-order valence-electron chi connectivity index (χ2n) is 9.03. The third-order valence-corrected chi connectivity index (χ3v) is 7.65. The Bertz CT molecular complexity index is 1060. The number of anilines is 1. The molecule has 0 saturated carbocycles. The van der Waals surface area contributed by atoms with Crippen molar-refractivity contribution in [3.63, 3.8) is 0 Å². The summed E-state index contributed by atoms with van der Waals surface area (Å²) in [4.78, 5) is 13.3. The van der Waals surface area contributed by atoms with E-state index >= 15 is 0 Å². The van der Waals surface area contributed by atoms with E-state index in [0.717, 1.165) is 5.56 Å². The molecule has 0 aliphatic carbocycles. The molecule has 1 amide bonds. The molecular formula is C24H32N2O5S. The molecule has 1 N–H and O–H groups in total. The van der Waals surface area contributed by atoms with Gasteiger partial charge < -0.3 is 14.8 Å². The van der Waals surface area contributed by atoms with Crippen LogP contribution in [0.25, 0.3) is 0 Å². The van der Waals surface area contributed by atoms with Crippen molar-refractivity contribution in [2.45, 2.75) is 43.9 Å². The van der Waals surface area contributed by atoms with Crippen LogP contribution in [0.2, 0.25) is 0 Å². The van der Waals surface area contributed by atoms with E-state index in [1.807, 2.05) is 18.2 Å². The molecule has 32 heavy (non-hydrogen) atoms. The first kappa shape index (κ1) is 24.1. The van der Waals surface area contributed by atoms with Gasteiger partial charge in [0.25, 0.3) is 0 Å². The average Bonchev–Trinajstić information content (AvgIpc) is 2.78. The fourth-order valence-corrected chi connectivity index (χ4v) is 5.30. The SMILES string of the molecule is COc1ccc(S(=O)(=O)N2CCCC(C(=O)Nc3cc(C(C)(C)C)ccc3OC)C2)cc1. The van der Waals surface area contributed by atoms with Gasteiger partial charge in [0.1, 0.15) is 11.5 Å². The lowest BCUT2D eigenvalue weighted by Crippen LogP contribution is -2.43. The summed E-state index contributed by atoms with van der Waals surface area (Å²) < 4.78 is 38.1. The lowest BCUT2D eigenvalue weighted by Gasteiger charge is -2.31. The number of methoxy groups -OCH3 is 2. The quantitative estimate of drug-likeness (QED) is 0.703. The van der Waals surface area contributed by atoms with Gasteiger partial charge >= 0.3 is 0 Å². The van der Waals surface area contributed by atoms with Crippen molar-refractivity contribution in [3.8, 4) is 11.5 Å². The van der Waals surface area contributed by atoms with Crippen LogP contribution in [0.4, 0.5) is 5.69 Å². The topological polar surface area (TPSA) is 84.9 Å². The van der Waals surface area contributed by atoms with Crippen molar-refractivity contribution in [3.05, 3.63) is 48.0 Å². The molecule has 0 radical (unpaired) electrons. The van der Waals surface area contributed by atoms with Crippen LogP contribution in [0.15, 0.2) is 47.4 Å². The second kappa shape index (κ2) is 9.50. The minimum absolute atomic E-state index is 0.0835. The molecular weight excluding hydrogens is 428 g/mol. The number of carbonyl (C=O) groups excluding carboxylic acids is 1. The Labute approximate surface area is 190 Å². The first-order valence-corrected chi connectivity index (χ1v) is 12.1. The molecule has 1 atom stereocenters. The molecule has 0 spiro atoms. The molecule has 1 saturated heterocycles. The number of rotatable bonds is 6. The molecule has 2 aromatic rings. The normalized spacial score (nSPS) is 17.6. The number of hydrogen-bond donors (Lipinski definition) is 1. The van der Waals surface area contributed by atoms with Crippen molar-refractivity contribution in [1.82, 2.24) is 4.31 Å². The molecule has 7 nitrogen and oxygen atoms in total. The van der Waals surface area contributed by atoms with Gasteiger partial charge in [0.05, 0.1) is 30.7 Å². The van der Waals surface area contributed by atoms with Crippen LogP contribution < -0.4 is 14.8 Å². The zero-order valence-corrected chi connectivity index (χ0v) is 20.2. The largest absolute Gasteiger partial charge is 0.497 e. The number of piperidine rings is 1. The van der Waals surface area contributed by atoms with Gasteiger partial charge in [-0.15, -0.1) is 0 Å². The van der Waals surface area contributed by atoms with Gasteiger partial charge in [-0.25, -0.2) is 8.42 Å². The molecule has 1 heterocycles.